The molecule has 4 rings (SSSR count). The molecule has 1 N–H and O–H groups in total. The summed E-state index contributed by atoms with van der Waals surface area (Å²) in [7, 11) is -3.89. The number of rotatable bonds is 5. The van der Waals surface area contributed by atoms with Crippen LogP contribution in [0.4, 0.5) is 13.2 Å². The van der Waals surface area contributed by atoms with Crippen molar-refractivity contribution in [2.45, 2.75) is 59.3 Å². The van der Waals surface area contributed by atoms with Crippen LogP contribution in [0, 0.1) is 20.8 Å². The molecule has 0 aliphatic carbocycles. The van der Waals surface area contributed by atoms with Gasteiger partial charge in [0.15, 0.2) is 0 Å². The highest BCUT2D eigenvalue weighted by Gasteiger charge is 2.38. The third-order valence-electron chi connectivity index (χ3n) is 6.67. The van der Waals surface area contributed by atoms with Gasteiger partial charge in [0.2, 0.25) is 0 Å². The van der Waals surface area contributed by atoms with Gasteiger partial charge in [-0.2, -0.15) is 30.6 Å². The van der Waals surface area contributed by atoms with Crippen molar-refractivity contribution in [1.82, 2.24) is 9.03 Å². The number of nitrogens with zero attached hydrogens (tertiary/aromatic N) is 1. The Hall–Kier alpha value is -2.68. The van der Waals surface area contributed by atoms with Gasteiger partial charge in [-0.05, 0) is 72.2 Å². The topological polar surface area (TPSA) is 49.4 Å². The summed E-state index contributed by atoms with van der Waals surface area (Å²) in [5.41, 5.74) is 6.09. The maximum atomic E-state index is 13.4. The molecular weight excluding hydrogens is 485 g/mol. The molecule has 3 aromatic rings. The minimum absolute atomic E-state index is 0.0431. The number of aryl methyl sites for hydroxylation is 3. The molecule has 4 nitrogen and oxygen atoms in total. The van der Waals surface area contributed by atoms with Gasteiger partial charge in [-0.1, -0.05) is 67.4 Å². The SMILES string of the molecule is Cc1cc(C2CN(Cc3cc(C)ccc3-c3cc(C(C)C)ccc3C)S(=O)(=O)N2)cc(C(F)(F)F)c1. The monoisotopic (exact) mass is 516 g/mol. The molecule has 0 radical (unpaired) electrons. The third-order valence-corrected chi connectivity index (χ3v) is 8.21. The van der Waals surface area contributed by atoms with Crippen LogP contribution < -0.4 is 4.72 Å². The molecular formula is C28H31F3N2O2S. The van der Waals surface area contributed by atoms with Crippen molar-refractivity contribution in [3.05, 3.63) is 93.5 Å². The van der Waals surface area contributed by atoms with Gasteiger partial charge in [0.25, 0.3) is 10.2 Å². The molecule has 1 saturated heterocycles. The Bertz CT molecular complexity index is 1400. The Morgan fingerprint density at radius 2 is 1.67 bits per heavy atom. The molecule has 0 amide bonds. The number of benzene rings is 3. The van der Waals surface area contributed by atoms with Gasteiger partial charge in [0.05, 0.1) is 11.6 Å². The molecule has 1 aliphatic rings. The molecule has 0 aromatic heterocycles. The van der Waals surface area contributed by atoms with E-state index in [2.05, 4.69) is 36.8 Å². The van der Waals surface area contributed by atoms with Gasteiger partial charge in [0.1, 0.15) is 0 Å². The molecule has 1 heterocycles. The van der Waals surface area contributed by atoms with E-state index in [9.17, 15) is 21.6 Å². The van der Waals surface area contributed by atoms with E-state index in [1.807, 2.05) is 32.0 Å². The van der Waals surface area contributed by atoms with Crippen LogP contribution in [0.2, 0.25) is 0 Å². The van der Waals surface area contributed by atoms with Crippen molar-refractivity contribution in [3.8, 4) is 11.1 Å². The second-order valence-electron chi connectivity index (χ2n) is 9.99. The van der Waals surface area contributed by atoms with Crippen LogP contribution >= 0.6 is 0 Å². The number of hydrogen-bond donors (Lipinski definition) is 1. The number of halogens is 3. The molecule has 3 aromatic carbocycles. The molecule has 1 aliphatic heterocycles. The Kier molecular flexibility index (Phi) is 7.07. The first-order chi connectivity index (χ1) is 16.7. The average Bonchev–Trinajstić information content (AvgIpc) is 3.07. The standard InChI is InChI=1S/C28H31F3N2O2S/c1-17(2)21-8-7-20(5)26(14-21)25-9-6-18(3)10-23(25)15-33-16-27(32-36(33,34)35)22-11-19(4)12-24(13-22)28(29,30)31/h6-14,17,27,32H,15-16H2,1-5H3. The Labute approximate surface area is 211 Å². The number of nitrogens with one attached hydrogen (secondary N) is 1. The van der Waals surface area contributed by atoms with Crippen molar-refractivity contribution in [1.29, 1.82) is 0 Å². The lowest BCUT2D eigenvalue weighted by atomic mass is 9.90. The summed E-state index contributed by atoms with van der Waals surface area (Å²) >= 11 is 0. The Morgan fingerprint density at radius 1 is 0.944 bits per heavy atom. The van der Waals surface area contributed by atoms with Gasteiger partial charge < -0.3 is 0 Å². The van der Waals surface area contributed by atoms with E-state index in [0.717, 1.165) is 39.9 Å². The van der Waals surface area contributed by atoms with E-state index in [1.54, 1.807) is 13.0 Å². The molecule has 0 saturated carbocycles. The van der Waals surface area contributed by atoms with Crippen LogP contribution in [-0.2, 0) is 22.9 Å². The highest BCUT2D eigenvalue weighted by molar-refractivity contribution is 7.87. The summed E-state index contributed by atoms with van der Waals surface area (Å²) in [4.78, 5) is 0. The lowest BCUT2D eigenvalue weighted by Gasteiger charge is -2.19. The molecule has 1 fully saturated rings. The predicted molar refractivity (Wildman–Crippen MR) is 137 cm³/mol. The quantitative estimate of drug-likeness (QED) is 0.405. The van der Waals surface area contributed by atoms with E-state index >= 15 is 0 Å². The van der Waals surface area contributed by atoms with Crippen LogP contribution in [0.5, 0.6) is 0 Å². The van der Waals surface area contributed by atoms with Crippen molar-refractivity contribution < 1.29 is 21.6 Å². The number of hydrogen-bond acceptors (Lipinski definition) is 2. The van der Waals surface area contributed by atoms with E-state index in [-0.39, 0.29) is 13.1 Å². The van der Waals surface area contributed by atoms with Gasteiger partial charge in [-0.25, -0.2) is 0 Å². The van der Waals surface area contributed by atoms with Crippen molar-refractivity contribution in [2.75, 3.05) is 6.54 Å². The molecule has 36 heavy (non-hydrogen) atoms. The van der Waals surface area contributed by atoms with Gasteiger partial charge in [-0.3, -0.25) is 0 Å². The largest absolute Gasteiger partial charge is 0.416 e. The van der Waals surface area contributed by atoms with Crippen molar-refractivity contribution in [2.24, 2.45) is 0 Å². The fourth-order valence-electron chi connectivity index (χ4n) is 4.69. The summed E-state index contributed by atoms with van der Waals surface area (Å²) in [6.45, 7) is 9.98. The highest BCUT2D eigenvalue weighted by Crippen LogP contribution is 2.36. The van der Waals surface area contributed by atoms with Gasteiger partial charge >= 0.3 is 6.18 Å². The second-order valence-corrected chi connectivity index (χ2v) is 11.7. The predicted octanol–water partition coefficient (Wildman–Crippen LogP) is 6.81. The van der Waals surface area contributed by atoms with Crippen LogP contribution in [0.3, 0.4) is 0 Å². The zero-order chi connectivity index (χ0) is 26.4. The minimum Gasteiger partial charge on any atom is -0.195 e. The average molecular weight is 517 g/mol. The molecule has 1 atom stereocenters. The lowest BCUT2D eigenvalue weighted by molar-refractivity contribution is -0.137. The maximum Gasteiger partial charge on any atom is 0.416 e. The zero-order valence-electron chi connectivity index (χ0n) is 21.1. The van der Waals surface area contributed by atoms with E-state index < -0.39 is 28.0 Å². The summed E-state index contributed by atoms with van der Waals surface area (Å²) in [6, 6.07) is 15.3. The summed E-state index contributed by atoms with van der Waals surface area (Å²) < 4.78 is 70.0. The fourth-order valence-corrected chi connectivity index (χ4v) is 6.06. The van der Waals surface area contributed by atoms with Crippen LogP contribution in [-0.4, -0.2) is 19.3 Å². The van der Waals surface area contributed by atoms with E-state index in [4.69, 9.17) is 0 Å². The smallest absolute Gasteiger partial charge is 0.195 e. The maximum absolute atomic E-state index is 13.4. The molecule has 1 unspecified atom stereocenters. The Balaban J connectivity index is 1.69. The van der Waals surface area contributed by atoms with Crippen LogP contribution in [0.1, 0.15) is 64.8 Å². The first-order valence-electron chi connectivity index (χ1n) is 11.9. The summed E-state index contributed by atoms with van der Waals surface area (Å²) in [5, 5.41) is 0. The minimum atomic E-state index is -4.50. The molecule has 0 spiro atoms. The van der Waals surface area contributed by atoms with Crippen molar-refractivity contribution in [3.63, 3.8) is 0 Å². The molecule has 8 heteroatoms. The highest BCUT2D eigenvalue weighted by atomic mass is 32.2. The normalized spacial score (nSPS) is 18.2. The number of alkyl halides is 3. The third kappa shape index (κ3) is 5.51. The van der Waals surface area contributed by atoms with E-state index in [1.165, 1.54) is 9.87 Å². The Morgan fingerprint density at radius 3 is 2.33 bits per heavy atom. The first-order valence-corrected chi connectivity index (χ1v) is 13.4. The lowest BCUT2D eigenvalue weighted by Crippen LogP contribution is -2.29. The second kappa shape index (κ2) is 9.65. The van der Waals surface area contributed by atoms with E-state index in [0.29, 0.717) is 17.0 Å². The summed E-state index contributed by atoms with van der Waals surface area (Å²) in [6.07, 6.45) is -4.50. The van der Waals surface area contributed by atoms with Crippen LogP contribution in [0.25, 0.3) is 11.1 Å². The molecule has 0 bridgehead atoms. The fraction of sp³-hybridized carbons (Fsp3) is 0.357. The van der Waals surface area contributed by atoms with Gasteiger partial charge in [-0.15, -0.1) is 0 Å². The van der Waals surface area contributed by atoms with Crippen LogP contribution in [0.15, 0.2) is 54.6 Å². The van der Waals surface area contributed by atoms with Gasteiger partial charge in [0, 0.05) is 13.1 Å². The van der Waals surface area contributed by atoms with Crippen molar-refractivity contribution >= 4 is 10.2 Å². The zero-order valence-corrected chi connectivity index (χ0v) is 21.9. The molecule has 192 valence electrons. The summed E-state index contributed by atoms with van der Waals surface area (Å²) in [5.74, 6) is 0.345. The first kappa shape index (κ1) is 26.4.